The molecule has 0 spiro atoms. The summed E-state index contributed by atoms with van der Waals surface area (Å²) >= 11 is 0. The van der Waals surface area contributed by atoms with Gasteiger partial charge < -0.3 is 101 Å². The lowest BCUT2D eigenvalue weighted by Gasteiger charge is -2.47. The van der Waals surface area contributed by atoms with E-state index < -0.39 is 163 Å². The molecule has 1 saturated heterocycles. The zero-order valence-electron chi connectivity index (χ0n) is 54.2. The standard InChI is InChI=1S/C62H121NO26P2/c1-3-5-7-9-11-13-15-17-18-19-20-21-22-23-24-25-26-28-30-32-34-36-38-43(66)61(79)63-41(45(67)42(65)37-35-33-31-29-27-16-14-12-10-8-6-4-2)40-84-90(80,81)88-60-53(75)51(73)58(52(74)54(60)76)86-62-56(78)55(77)57(44(39-64)85-62)87-91(82,83)89-59-49(71)47(69)46(68)48(70)50(59)72/h41-60,62,64-78H,3-40H2,1-2H3,(H,63,79)(H,80,81)(H,82,83). The molecule has 3 rings (SSSR count). The van der Waals surface area contributed by atoms with Crippen molar-refractivity contribution in [3.63, 3.8) is 0 Å². The molecule has 27 nitrogen and oxygen atoms in total. The highest BCUT2D eigenvalue weighted by Gasteiger charge is 2.57. The number of hydrogen-bond acceptors (Lipinski definition) is 24. The van der Waals surface area contributed by atoms with E-state index in [9.17, 15) is 100 Å². The second kappa shape index (κ2) is 46.3. The van der Waals surface area contributed by atoms with Gasteiger partial charge in [-0.2, -0.15) is 0 Å². The Bertz CT molecular complexity index is 1940. The third-order valence-corrected chi connectivity index (χ3v) is 20.0. The topological polar surface area (TPSA) is 463 Å². The Morgan fingerprint density at radius 3 is 1.11 bits per heavy atom. The molecule has 19 unspecified atom stereocenters. The van der Waals surface area contributed by atoms with Gasteiger partial charge in [0.1, 0.15) is 110 Å². The molecule has 2 aliphatic carbocycles. The van der Waals surface area contributed by atoms with Crippen molar-refractivity contribution in [3.8, 4) is 0 Å². The average molecular weight is 1360 g/mol. The van der Waals surface area contributed by atoms with E-state index in [1.54, 1.807) is 0 Å². The van der Waals surface area contributed by atoms with Gasteiger partial charge in [-0.05, 0) is 12.8 Å². The Morgan fingerprint density at radius 1 is 0.418 bits per heavy atom. The van der Waals surface area contributed by atoms with E-state index >= 15 is 0 Å². The molecule has 540 valence electrons. The molecule has 0 aromatic heterocycles. The quantitative estimate of drug-likeness (QED) is 0.0301. The van der Waals surface area contributed by atoms with E-state index in [0.717, 1.165) is 64.2 Å². The van der Waals surface area contributed by atoms with Crippen LogP contribution < -0.4 is 5.32 Å². The number of unbranched alkanes of at least 4 members (excludes halogenated alkanes) is 32. The second-order valence-electron chi connectivity index (χ2n) is 25.7. The van der Waals surface area contributed by atoms with Crippen molar-refractivity contribution in [1.29, 1.82) is 0 Å². The largest absolute Gasteiger partial charge is 0.473 e. The SMILES string of the molecule is CCCCCCCCCCCCCCCCCCCCCCCCC(O)C(=O)NC(COP(=O)(O)OC1C(O)C(O)C(OC2OC(CO)C(OP(=O)(O)OC3C(O)C(O)C(O)C(O)C3O)C(O)C2O)C(O)C1O)C(O)C(O)CCCCCCCCCCCCCC. The van der Waals surface area contributed by atoms with Crippen molar-refractivity contribution in [1.82, 2.24) is 5.32 Å². The lowest BCUT2D eigenvalue weighted by molar-refractivity contribution is -0.337. The maximum absolute atomic E-state index is 13.5. The van der Waals surface area contributed by atoms with Crippen LogP contribution in [0.2, 0.25) is 0 Å². The molecule has 0 aromatic rings. The number of aliphatic hydroxyl groups is 15. The summed E-state index contributed by atoms with van der Waals surface area (Å²) in [4.78, 5) is 34.8. The van der Waals surface area contributed by atoms with Crippen LogP contribution in [0.1, 0.15) is 245 Å². The number of amides is 1. The van der Waals surface area contributed by atoms with E-state index in [0.29, 0.717) is 12.8 Å². The second-order valence-corrected chi connectivity index (χ2v) is 28.5. The lowest BCUT2D eigenvalue weighted by atomic mass is 9.84. The Labute approximate surface area is 539 Å². The molecule has 18 N–H and O–H groups in total. The summed E-state index contributed by atoms with van der Waals surface area (Å²) in [5.41, 5.74) is 0. The van der Waals surface area contributed by atoms with Crippen LogP contribution in [-0.2, 0) is 41.5 Å². The van der Waals surface area contributed by atoms with Gasteiger partial charge in [0.25, 0.3) is 0 Å². The minimum atomic E-state index is -5.66. The number of phosphoric acid groups is 2. The summed E-state index contributed by atoms with van der Waals surface area (Å²) in [6.07, 6.45) is -4.38. The third kappa shape index (κ3) is 30.8. The van der Waals surface area contributed by atoms with Crippen LogP contribution >= 0.6 is 15.6 Å². The molecule has 3 aliphatic rings. The average Bonchev–Trinajstić information content (AvgIpc) is 0.832. The summed E-state index contributed by atoms with van der Waals surface area (Å²) in [6.45, 7) is 2.18. The molecule has 3 fully saturated rings. The van der Waals surface area contributed by atoms with Crippen molar-refractivity contribution in [3.05, 3.63) is 0 Å². The number of phosphoric ester groups is 2. The van der Waals surface area contributed by atoms with E-state index in [2.05, 4.69) is 19.2 Å². The maximum Gasteiger partial charge on any atom is 0.473 e. The molecule has 1 amide bonds. The summed E-state index contributed by atoms with van der Waals surface area (Å²) in [6, 6.07) is -1.64. The monoisotopic (exact) mass is 1360 g/mol. The zero-order valence-corrected chi connectivity index (χ0v) is 56.0. The molecule has 1 heterocycles. The molecule has 0 radical (unpaired) electrons. The number of carbonyl (C=O) groups excluding carboxylic acids is 1. The number of hydrogen-bond donors (Lipinski definition) is 18. The number of ether oxygens (including phenoxy) is 2. The molecule has 2 saturated carbocycles. The van der Waals surface area contributed by atoms with Gasteiger partial charge in [0.15, 0.2) is 6.29 Å². The third-order valence-electron chi connectivity index (χ3n) is 18.0. The fraction of sp³-hybridized carbons (Fsp3) is 0.984. The predicted molar refractivity (Wildman–Crippen MR) is 334 cm³/mol. The van der Waals surface area contributed by atoms with Gasteiger partial charge in [-0.25, -0.2) is 9.13 Å². The fourth-order valence-electron chi connectivity index (χ4n) is 12.1. The van der Waals surface area contributed by atoms with Crippen molar-refractivity contribution in [2.45, 2.75) is 373 Å². The first-order valence-electron chi connectivity index (χ1n) is 34.4. The van der Waals surface area contributed by atoms with Gasteiger partial charge in [0, 0.05) is 0 Å². The molecular formula is C62H121NO26P2. The lowest BCUT2D eigenvalue weighted by Crippen LogP contribution is -2.67. The van der Waals surface area contributed by atoms with Gasteiger partial charge in [0.2, 0.25) is 5.91 Å². The maximum atomic E-state index is 13.5. The molecule has 29 heteroatoms. The Hall–Kier alpha value is -0.990. The van der Waals surface area contributed by atoms with Gasteiger partial charge in [-0.1, -0.05) is 232 Å². The Kier molecular flexibility index (Phi) is 42.9. The summed E-state index contributed by atoms with van der Waals surface area (Å²) in [7, 11) is -11.2. The molecule has 0 bridgehead atoms. The number of aliphatic hydroxyl groups excluding tert-OH is 15. The normalized spacial score (nSPS) is 31.6. The van der Waals surface area contributed by atoms with Gasteiger partial charge >= 0.3 is 15.6 Å². The van der Waals surface area contributed by atoms with Crippen LogP contribution in [0.3, 0.4) is 0 Å². The molecule has 91 heavy (non-hydrogen) atoms. The molecular weight excluding hydrogens is 1240 g/mol. The van der Waals surface area contributed by atoms with Crippen LogP contribution in [0.4, 0.5) is 0 Å². The van der Waals surface area contributed by atoms with E-state index in [1.165, 1.54) is 141 Å². The number of nitrogens with one attached hydrogen (secondary N) is 1. The molecule has 1 aliphatic heterocycles. The summed E-state index contributed by atoms with van der Waals surface area (Å²) in [5.74, 6) is -0.963. The first-order valence-corrected chi connectivity index (χ1v) is 37.4. The Morgan fingerprint density at radius 2 is 0.725 bits per heavy atom. The highest BCUT2D eigenvalue weighted by atomic mass is 31.2. The summed E-state index contributed by atoms with van der Waals surface area (Å²) < 4.78 is 57.3. The Balaban J connectivity index is 1.52. The number of rotatable bonds is 52. The van der Waals surface area contributed by atoms with Gasteiger partial charge in [-0.15, -0.1) is 0 Å². The van der Waals surface area contributed by atoms with E-state index in [4.69, 9.17) is 27.6 Å². The van der Waals surface area contributed by atoms with Crippen LogP contribution in [0, 0.1) is 0 Å². The highest BCUT2D eigenvalue weighted by molar-refractivity contribution is 7.47. The predicted octanol–water partition coefficient (Wildman–Crippen LogP) is 4.11. The number of carbonyl (C=O) groups is 1. The van der Waals surface area contributed by atoms with Gasteiger partial charge in [-0.3, -0.25) is 22.9 Å². The van der Waals surface area contributed by atoms with E-state index in [1.807, 2.05) is 0 Å². The van der Waals surface area contributed by atoms with Crippen molar-refractivity contribution >= 4 is 21.6 Å². The summed E-state index contributed by atoms with van der Waals surface area (Å²) in [5, 5.41) is 163. The smallest absolute Gasteiger partial charge is 0.394 e. The van der Waals surface area contributed by atoms with Crippen molar-refractivity contribution in [2.75, 3.05) is 13.2 Å². The fourth-order valence-corrected chi connectivity index (χ4v) is 14.3. The van der Waals surface area contributed by atoms with E-state index in [-0.39, 0.29) is 12.8 Å². The molecule has 19 atom stereocenters. The first kappa shape index (κ1) is 84.2. The van der Waals surface area contributed by atoms with Crippen LogP contribution in [0.15, 0.2) is 0 Å². The van der Waals surface area contributed by atoms with Crippen molar-refractivity contribution in [2.24, 2.45) is 0 Å². The zero-order chi connectivity index (χ0) is 67.5. The van der Waals surface area contributed by atoms with Gasteiger partial charge in [0.05, 0.1) is 25.4 Å². The highest BCUT2D eigenvalue weighted by Crippen LogP contribution is 2.51. The minimum absolute atomic E-state index is 0.0585. The minimum Gasteiger partial charge on any atom is -0.394 e. The van der Waals surface area contributed by atoms with Crippen molar-refractivity contribution < 1.29 is 128 Å². The van der Waals surface area contributed by atoms with Crippen LogP contribution in [0.5, 0.6) is 0 Å². The first-order chi connectivity index (χ1) is 43.3. The van der Waals surface area contributed by atoms with Crippen LogP contribution in [0.25, 0.3) is 0 Å². The molecule has 0 aromatic carbocycles. The van der Waals surface area contributed by atoms with Crippen LogP contribution in [-0.4, -0.2) is 234 Å².